The van der Waals surface area contributed by atoms with Gasteiger partial charge in [-0.25, -0.2) is 4.79 Å². The molecule has 0 radical (unpaired) electrons. The Kier molecular flexibility index (Phi) is 7.75. The lowest BCUT2D eigenvalue weighted by atomic mass is 9.81. The number of benzene rings is 1. The predicted molar refractivity (Wildman–Crippen MR) is 111 cm³/mol. The van der Waals surface area contributed by atoms with Crippen LogP contribution in [0.25, 0.3) is 0 Å². The zero-order chi connectivity index (χ0) is 20.6. The van der Waals surface area contributed by atoms with Gasteiger partial charge in [-0.3, -0.25) is 4.79 Å². The number of methoxy groups -OCH3 is 1. The molecule has 1 aromatic rings. The topological polar surface area (TPSA) is 71.1 Å². The van der Waals surface area contributed by atoms with Crippen molar-refractivity contribution in [3.05, 3.63) is 29.8 Å². The van der Waals surface area contributed by atoms with E-state index < -0.39 is 0 Å². The van der Waals surface area contributed by atoms with Gasteiger partial charge in [-0.15, -0.1) is 0 Å². The van der Waals surface area contributed by atoms with E-state index in [1.807, 2.05) is 34.1 Å². The van der Waals surface area contributed by atoms with E-state index >= 15 is 0 Å². The number of urea groups is 1. The molecule has 0 saturated carbocycles. The van der Waals surface area contributed by atoms with Crippen LogP contribution in [-0.2, 0) is 16.1 Å². The number of piperidine rings is 1. The van der Waals surface area contributed by atoms with Crippen LogP contribution in [0.3, 0.4) is 0 Å². The molecule has 7 nitrogen and oxygen atoms in total. The van der Waals surface area contributed by atoms with Gasteiger partial charge >= 0.3 is 6.03 Å². The third kappa shape index (κ3) is 5.63. The monoisotopic (exact) mass is 403 g/mol. The van der Waals surface area contributed by atoms with Gasteiger partial charge in [-0.05, 0) is 24.3 Å². The summed E-state index contributed by atoms with van der Waals surface area (Å²) in [6.07, 6.45) is 2.35. The molecular weight excluding hydrogens is 370 g/mol. The van der Waals surface area contributed by atoms with E-state index in [0.29, 0.717) is 51.1 Å². The largest absolute Gasteiger partial charge is 0.496 e. The number of nitrogens with zero attached hydrogens (tertiary/aromatic N) is 2. The van der Waals surface area contributed by atoms with Crippen molar-refractivity contribution in [1.82, 2.24) is 15.1 Å². The van der Waals surface area contributed by atoms with Gasteiger partial charge in [0, 0.05) is 44.7 Å². The summed E-state index contributed by atoms with van der Waals surface area (Å²) in [5.74, 6) is 1.51. The molecule has 3 rings (SSSR count). The molecule has 0 aliphatic carbocycles. The van der Waals surface area contributed by atoms with Crippen LogP contribution >= 0.6 is 0 Å². The van der Waals surface area contributed by atoms with Crippen LogP contribution in [0.15, 0.2) is 24.3 Å². The maximum Gasteiger partial charge on any atom is 0.320 e. The summed E-state index contributed by atoms with van der Waals surface area (Å²) >= 11 is 0. The van der Waals surface area contributed by atoms with Gasteiger partial charge in [-0.1, -0.05) is 31.5 Å². The SMILES string of the molecule is CC[C@H]1CN(C(=O)N2CCOCC2)CC[C@H]1CC(=O)NCc1ccccc1OC. The van der Waals surface area contributed by atoms with Gasteiger partial charge in [0.1, 0.15) is 5.75 Å². The molecule has 29 heavy (non-hydrogen) atoms. The standard InChI is InChI=1S/C22H33N3O4/c1-3-17-16-25(22(27)24-10-12-29-13-11-24)9-8-18(17)14-21(26)23-15-19-6-4-5-7-20(19)28-2/h4-7,17-18H,3,8-16H2,1-2H3,(H,23,26)/t17-,18-/m0/s1. The van der Waals surface area contributed by atoms with Crippen LogP contribution in [0.4, 0.5) is 4.79 Å². The fourth-order valence-electron chi connectivity index (χ4n) is 4.29. The highest BCUT2D eigenvalue weighted by Gasteiger charge is 2.33. The third-order valence-corrected chi connectivity index (χ3v) is 6.08. The third-order valence-electron chi connectivity index (χ3n) is 6.08. The molecule has 2 aliphatic rings. The molecule has 2 fully saturated rings. The molecule has 2 aliphatic heterocycles. The second kappa shape index (κ2) is 10.5. The van der Waals surface area contributed by atoms with Crippen molar-refractivity contribution >= 4 is 11.9 Å². The molecule has 2 atom stereocenters. The lowest BCUT2D eigenvalue weighted by molar-refractivity contribution is -0.123. The molecule has 7 heteroatoms. The van der Waals surface area contributed by atoms with Crippen molar-refractivity contribution in [2.45, 2.75) is 32.7 Å². The van der Waals surface area contributed by atoms with E-state index in [4.69, 9.17) is 9.47 Å². The summed E-state index contributed by atoms with van der Waals surface area (Å²) in [4.78, 5) is 29.2. The fourth-order valence-corrected chi connectivity index (χ4v) is 4.29. The summed E-state index contributed by atoms with van der Waals surface area (Å²) in [6.45, 7) is 6.63. The van der Waals surface area contributed by atoms with E-state index in [1.165, 1.54) is 0 Å². The number of ether oxygens (including phenoxy) is 2. The Labute approximate surface area is 173 Å². The van der Waals surface area contributed by atoms with E-state index in [-0.39, 0.29) is 11.9 Å². The molecule has 160 valence electrons. The van der Waals surface area contributed by atoms with Gasteiger partial charge in [0.25, 0.3) is 0 Å². The Balaban J connectivity index is 1.49. The number of hydrogen-bond donors (Lipinski definition) is 1. The average Bonchev–Trinajstić information content (AvgIpc) is 2.78. The number of rotatable bonds is 6. The van der Waals surface area contributed by atoms with Crippen LogP contribution in [0, 0.1) is 11.8 Å². The van der Waals surface area contributed by atoms with Crippen molar-refractivity contribution in [3.63, 3.8) is 0 Å². The second-order valence-corrected chi connectivity index (χ2v) is 7.84. The van der Waals surface area contributed by atoms with Crippen LogP contribution in [0.5, 0.6) is 5.75 Å². The van der Waals surface area contributed by atoms with Gasteiger partial charge < -0.3 is 24.6 Å². The molecule has 0 bridgehead atoms. The van der Waals surface area contributed by atoms with E-state index in [9.17, 15) is 9.59 Å². The Hall–Kier alpha value is -2.28. The van der Waals surface area contributed by atoms with Gasteiger partial charge in [0.15, 0.2) is 0 Å². The van der Waals surface area contributed by atoms with Crippen LogP contribution in [-0.4, -0.2) is 68.2 Å². The first kappa shape index (κ1) is 21.4. The summed E-state index contributed by atoms with van der Waals surface area (Å²) in [6, 6.07) is 7.84. The molecule has 3 amide bonds. The van der Waals surface area contributed by atoms with Gasteiger partial charge in [-0.2, -0.15) is 0 Å². The number of morpholine rings is 1. The van der Waals surface area contributed by atoms with Crippen molar-refractivity contribution in [3.8, 4) is 5.75 Å². The number of carbonyl (C=O) groups excluding carboxylic acids is 2. The second-order valence-electron chi connectivity index (χ2n) is 7.84. The first-order chi connectivity index (χ1) is 14.1. The molecule has 0 unspecified atom stereocenters. The predicted octanol–water partition coefficient (Wildman–Crippen LogP) is 2.50. The molecule has 1 aromatic carbocycles. The number of likely N-dealkylation sites (tertiary alicyclic amines) is 1. The zero-order valence-electron chi connectivity index (χ0n) is 17.6. The Morgan fingerprint density at radius 1 is 1.14 bits per heavy atom. The molecule has 1 N–H and O–H groups in total. The van der Waals surface area contributed by atoms with Crippen molar-refractivity contribution in [2.75, 3.05) is 46.5 Å². The maximum absolute atomic E-state index is 12.8. The van der Waals surface area contributed by atoms with Gasteiger partial charge in [0.05, 0.1) is 20.3 Å². The minimum Gasteiger partial charge on any atom is -0.496 e. The maximum atomic E-state index is 12.8. The van der Waals surface area contributed by atoms with Crippen LogP contribution in [0.2, 0.25) is 0 Å². The highest BCUT2D eigenvalue weighted by atomic mass is 16.5. The normalized spacial score (nSPS) is 22.3. The highest BCUT2D eigenvalue weighted by molar-refractivity contribution is 5.77. The number of carbonyl (C=O) groups is 2. The lowest BCUT2D eigenvalue weighted by Gasteiger charge is -2.41. The minimum absolute atomic E-state index is 0.0623. The Morgan fingerprint density at radius 2 is 1.90 bits per heavy atom. The summed E-state index contributed by atoms with van der Waals surface area (Å²) in [7, 11) is 1.64. The van der Waals surface area contributed by atoms with Crippen LogP contribution in [0.1, 0.15) is 31.7 Å². The molecule has 0 spiro atoms. The van der Waals surface area contributed by atoms with E-state index in [0.717, 1.165) is 37.2 Å². The number of para-hydroxylation sites is 1. The number of nitrogens with one attached hydrogen (secondary N) is 1. The molecule has 2 saturated heterocycles. The minimum atomic E-state index is 0.0623. The molecule has 2 heterocycles. The number of amides is 3. The van der Waals surface area contributed by atoms with E-state index in [2.05, 4.69) is 12.2 Å². The zero-order valence-corrected chi connectivity index (χ0v) is 17.6. The van der Waals surface area contributed by atoms with Crippen molar-refractivity contribution in [1.29, 1.82) is 0 Å². The Bertz CT molecular complexity index is 690. The first-order valence-electron chi connectivity index (χ1n) is 10.6. The summed E-state index contributed by atoms with van der Waals surface area (Å²) < 4.78 is 10.7. The summed E-state index contributed by atoms with van der Waals surface area (Å²) in [5, 5.41) is 3.03. The Morgan fingerprint density at radius 3 is 2.62 bits per heavy atom. The van der Waals surface area contributed by atoms with Gasteiger partial charge in [0.2, 0.25) is 5.91 Å². The first-order valence-corrected chi connectivity index (χ1v) is 10.6. The molecular formula is C22H33N3O4. The van der Waals surface area contributed by atoms with Crippen LogP contribution < -0.4 is 10.1 Å². The summed E-state index contributed by atoms with van der Waals surface area (Å²) in [5.41, 5.74) is 0.973. The average molecular weight is 404 g/mol. The van der Waals surface area contributed by atoms with E-state index in [1.54, 1.807) is 7.11 Å². The quantitative estimate of drug-likeness (QED) is 0.792. The van der Waals surface area contributed by atoms with Crippen molar-refractivity contribution < 1.29 is 19.1 Å². The number of hydrogen-bond acceptors (Lipinski definition) is 4. The highest BCUT2D eigenvalue weighted by Crippen LogP contribution is 2.29. The molecule has 0 aromatic heterocycles. The smallest absolute Gasteiger partial charge is 0.320 e. The lowest BCUT2D eigenvalue weighted by Crippen LogP contribution is -2.52. The van der Waals surface area contributed by atoms with Crippen molar-refractivity contribution in [2.24, 2.45) is 11.8 Å². The fraction of sp³-hybridized carbons (Fsp3) is 0.636.